The molecule has 1 aromatic heterocycles. The molecule has 0 aliphatic heterocycles. The minimum atomic E-state index is -4.39. The third-order valence-electron chi connectivity index (χ3n) is 5.54. The van der Waals surface area contributed by atoms with Crippen LogP contribution in [-0.2, 0) is 16.7 Å². The van der Waals surface area contributed by atoms with Crippen molar-refractivity contribution in [2.24, 2.45) is 0 Å². The van der Waals surface area contributed by atoms with Crippen LogP contribution in [0.2, 0.25) is 0 Å². The Kier molecular flexibility index (Phi) is 6.76. The van der Waals surface area contributed by atoms with Crippen molar-refractivity contribution < 1.29 is 27.1 Å². The van der Waals surface area contributed by atoms with Gasteiger partial charge in [0, 0.05) is 5.69 Å². The number of hydrogen-bond acceptors (Lipinski definition) is 3. The largest absolute Gasteiger partial charge is 0.465 e. The van der Waals surface area contributed by atoms with Crippen molar-refractivity contribution in [1.29, 1.82) is 0 Å². The molecule has 2 aromatic carbocycles. The van der Waals surface area contributed by atoms with Crippen LogP contribution >= 0.6 is 0 Å². The van der Waals surface area contributed by atoms with E-state index in [1.807, 2.05) is 6.07 Å². The molecule has 33 heavy (non-hydrogen) atoms. The van der Waals surface area contributed by atoms with Crippen LogP contribution in [0.4, 0.5) is 17.6 Å². The molecule has 4 nitrogen and oxygen atoms in total. The van der Waals surface area contributed by atoms with Crippen molar-refractivity contribution in [3.05, 3.63) is 88.2 Å². The van der Waals surface area contributed by atoms with Gasteiger partial charge in [-0.1, -0.05) is 36.4 Å². The maximum absolute atomic E-state index is 14.8. The topological polar surface area (TPSA) is 44.1 Å². The Morgan fingerprint density at radius 3 is 2.36 bits per heavy atom. The minimum Gasteiger partial charge on any atom is -0.465 e. The van der Waals surface area contributed by atoms with Crippen LogP contribution in [0.25, 0.3) is 11.9 Å². The van der Waals surface area contributed by atoms with Crippen LogP contribution in [0.3, 0.4) is 0 Å². The van der Waals surface area contributed by atoms with Gasteiger partial charge in [0.25, 0.3) is 0 Å². The number of hydrogen-bond donors (Lipinski definition) is 0. The predicted molar refractivity (Wildman–Crippen MR) is 118 cm³/mol. The Morgan fingerprint density at radius 1 is 1.09 bits per heavy atom. The number of aryl methyl sites for hydroxylation is 1. The highest BCUT2D eigenvalue weighted by atomic mass is 19.4. The molecule has 0 aliphatic carbocycles. The molecular weight excluding hydrogens is 436 g/mol. The number of methoxy groups -OCH3 is 1. The van der Waals surface area contributed by atoms with E-state index in [0.29, 0.717) is 23.4 Å². The first kappa shape index (κ1) is 24.2. The smallest absolute Gasteiger partial charge is 0.397 e. The molecular formula is C25H24F4N2O2. The summed E-state index contributed by atoms with van der Waals surface area (Å²) in [5.74, 6) is -1.06. The van der Waals surface area contributed by atoms with Crippen molar-refractivity contribution >= 4 is 17.9 Å². The van der Waals surface area contributed by atoms with E-state index < -0.39 is 23.4 Å². The second kappa shape index (κ2) is 9.21. The number of carbonyl (C=O) groups is 1. The van der Waals surface area contributed by atoms with Gasteiger partial charge < -0.3 is 4.74 Å². The molecule has 3 aromatic rings. The molecule has 0 spiro atoms. The third kappa shape index (κ3) is 5.32. The molecule has 8 heteroatoms. The van der Waals surface area contributed by atoms with Crippen molar-refractivity contribution in [2.45, 2.75) is 38.9 Å². The zero-order valence-corrected chi connectivity index (χ0v) is 18.7. The van der Waals surface area contributed by atoms with Crippen molar-refractivity contribution in [2.75, 3.05) is 7.11 Å². The first-order valence-corrected chi connectivity index (χ1v) is 10.2. The Bertz CT molecular complexity index is 1180. The SMILES string of the molecule is COC(=O)c1cccc(Cn2nc(C(F)=Cc3ccc(C(C)(C)C(F)(F)F)cc3)cc2C)c1. The summed E-state index contributed by atoms with van der Waals surface area (Å²) >= 11 is 0. The highest BCUT2D eigenvalue weighted by Crippen LogP contribution is 2.40. The molecule has 0 unspecified atom stereocenters. The highest BCUT2D eigenvalue weighted by Gasteiger charge is 2.48. The Morgan fingerprint density at radius 2 is 1.76 bits per heavy atom. The molecule has 174 valence electrons. The summed E-state index contributed by atoms with van der Waals surface area (Å²) in [5, 5.41) is 4.29. The molecule has 0 fully saturated rings. The maximum atomic E-state index is 14.8. The van der Waals surface area contributed by atoms with E-state index in [1.165, 1.54) is 37.5 Å². The fourth-order valence-corrected chi connectivity index (χ4v) is 3.25. The standard InChI is InChI=1S/C25H24F4N2O2/c1-16-12-22(30-31(16)15-18-6-5-7-19(13-18)23(32)33-4)21(26)14-17-8-10-20(11-9-17)24(2,3)25(27,28)29/h5-14H,15H2,1-4H3. The zero-order chi connectivity index (χ0) is 24.4. The van der Waals surface area contributed by atoms with E-state index in [2.05, 4.69) is 5.10 Å². The van der Waals surface area contributed by atoms with Crippen molar-refractivity contribution in [3.63, 3.8) is 0 Å². The second-order valence-electron chi connectivity index (χ2n) is 8.26. The van der Waals surface area contributed by atoms with Crippen LogP contribution in [0, 0.1) is 6.92 Å². The van der Waals surface area contributed by atoms with E-state index in [-0.39, 0.29) is 11.3 Å². The first-order valence-electron chi connectivity index (χ1n) is 10.2. The van der Waals surface area contributed by atoms with E-state index >= 15 is 0 Å². The molecule has 3 rings (SSSR count). The van der Waals surface area contributed by atoms with E-state index in [0.717, 1.165) is 19.4 Å². The summed E-state index contributed by atoms with van der Waals surface area (Å²) in [6.45, 7) is 4.32. The van der Waals surface area contributed by atoms with Gasteiger partial charge >= 0.3 is 12.1 Å². The van der Waals surface area contributed by atoms with Gasteiger partial charge in [-0.3, -0.25) is 4.68 Å². The average molecular weight is 460 g/mol. The number of carbonyl (C=O) groups excluding carboxylic acids is 1. The van der Waals surface area contributed by atoms with Crippen LogP contribution < -0.4 is 0 Å². The lowest BCUT2D eigenvalue weighted by atomic mass is 9.83. The van der Waals surface area contributed by atoms with Gasteiger partial charge in [0.1, 0.15) is 5.69 Å². The normalized spacial score (nSPS) is 12.7. The molecule has 1 heterocycles. The van der Waals surface area contributed by atoms with E-state index in [1.54, 1.807) is 35.9 Å². The monoisotopic (exact) mass is 460 g/mol. The molecule has 0 atom stereocenters. The van der Waals surface area contributed by atoms with Gasteiger partial charge in [-0.25, -0.2) is 9.18 Å². The van der Waals surface area contributed by atoms with Gasteiger partial charge in [0.15, 0.2) is 5.83 Å². The fraction of sp³-hybridized carbons (Fsp3) is 0.280. The number of ether oxygens (including phenoxy) is 1. The predicted octanol–water partition coefficient (Wildman–Crippen LogP) is 6.33. The van der Waals surface area contributed by atoms with Crippen LogP contribution in [0.1, 0.15) is 52.3 Å². The summed E-state index contributed by atoms with van der Waals surface area (Å²) in [7, 11) is 1.30. The van der Waals surface area contributed by atoms with Gasteiger partial charge in [-0.2, -0.15) is 18.3 Å². The summed E-state index contributed by atoms with van der Waals surface area (Å²) in [6.07, 6.45) is -3.16. The molecule has 0 bridgehead atoms. The maximum Gasteiger partial charge on any atom is 0.397 e. The number of halogens is 4. The van der Waals surface area contributed by atoms with E-state index in [4.69, 9.17) is 4.74 Å². The number of nitrogens with zero attached hydrogens (tertiary/aromatic N) is 2. The number of rotatable bonds is 6. The van der Waals surface area contributed by atoms with Crippen LogP contribution in [-0.4, -0.2) is 29.0 Å². The van der Waals surface area contributed by atoms with Crippen LogP contribution in [0.15, 0.2) is 54.6 Å². The summed E-state index contributed by atoms with van der Waals surface area (Å²) in [5.41, 5.74) is 0.533. The lowest BCUT2D eigenvalue weighted by Crippen LogP contribution is -2.36. The first-order chi connectivity index (χ1) is 15.4. The van der Waals surface area contributed by atoms with Gasteiger partial charge in [-0.15, -0.1) is 0 Å². The molecule has 0 N–H and O–H groups in total. The molecule has 0 radical (unpaired) electrons. The lowest BCUT2D eigenvalue weighted by molar-refractivity contribution is -0.180. The second-order valence-corrected chi connectivity index (χ2v) is 8.26. The summed E-state index contributed by atoms with van der Waals surface area (Å²) in [6, 6.07) is 14.1. The Balaban J connectivity index is 1.80. The summed E-state index contributed by atoms with van der Waals surface area (Å²) in [4.78, 5) is 11.7. The molecule has 0 aliphatic rings. The summed E-state index contributed by atoms with van der Waals surface area (Å²) < 4.78 is 60.8. The van der Waals surface area contributed by atoms with Gasteiger partial charge in [0.05, 0.1) is 24.6 Å². The Hall–Kier alpha value is -3.42. The number of esters is 1. The fourth-order valence-electron chi connectivity index (χ4n) is 3.25. The number of alkyl halides is 3. The molecule has 0 saturated carbocycles. The lowest BCUT2D eigenvalue weighted by Gasteiger charge is -2.28. The minimum absolute atomic E-state index is 0.0989. The quantitative estimate of drug-likeness (QED) is 0.319. The van der Waals surface area contributed by atoms with Gasteiger partial charge in [0.2, 0.25) is 0 Å². The van der Waals surface area contributed by atoms with Crippen LogP contribution in [0.5, 0.6) is 0 Å². The van der Waals surface area contributed by atoms with Crippen molar-refractivity contribution in [1.82, 2.24) is 9.78 Å². The molecule has 0 amide bonds. The average Bonchev–Trinajstić information content (AvgIpc) is 3.13. The Labute approximate surface area is 189 Å². The third-order valence-corrected chi connectivity index (χ3v) is 5.54. The highest BCUT2D eigenvalue weighted by molar-refractivity contribution is 5.89. The number of aromatic nitrogens is 2. The van der Waals surface area contributed by atoms with E-state index in [9.17, 15) is 22.4 Å². The number of benzene rings is 2. The van der Waals surface area contributed by atoms with Crippen molar-refractivity contribution in [3.8, 4) is 0 Å². The zero-order valence-electron chi connectivity index (χ0n) is 18.7. The van der Waals surface area contributed by atoms with Gasteiger partial charge in [-0.05, 0) is 61.7 Å². The molecule has 0 saturated heterocycles.